The molecular weight excluding hydrogens is 522 g/mol. The smallest absolute Gasteiger partial charge is 0.244 e. The summed E-state index contributed by atoms with van der Waals surface area (Å²) < 4.78 is 27.1. The Labute approximate surface area is 239 Å². The van der Waals surface area contributed by atoms with Crippen LogP contribution in [0.2, 0.25) is 0 Å². The second-order valence-electron chi connectivity index (χ2n) is 10.6. The second-order valence-corrected chi connectivity index (χ2v) is 12.5. The lowest BCUT2D eigenvalue weighted by Gasteiger charge is -2.34. The molecule has 0 saturated carbocycles. The molecule has 0 aliphatic heterocycles. The summed E-state index contributed by atoms with van der Waals surface area (Å²) in [6.07, 6.45) is 2.13. The Bertz CT molecular complexity index is 1410. The minimum Gasteiger partial charge on any atom is -0.352 e. The van der Waals surface area contributed by atoms with E-state index in [9.17, 15) is 18.0 Å². The third kappa shape index (κ3) is 8.42. The number of hydrogen-bond acceptors (Lipinski definition) is 4. The van der Waals surface area contributed by atoms with Gasteiger partial charge in [0.15, 0.2) is 0 Å². The van der Waals surface area contributed by atoms with Crippen molar-refractivity contribution < 1.29 is 18.0 Å². The summed E-state index contributed by atoms with van der Waals surface area (Å²) in [5, 5.41) is 3.05. The lowest BCUT2D eigenvalue weighted by molar-refractivity contribution is -0.140. The molecule has 7 nitrogen and oxygen atoms in total. The monoisotopic (exact) mass is 563 g/mol. The van der Waals surface area contributed by atoms with Gasteiger partial charge < -0.3 is 10.2 Å². The average Bonchev–Trinajstić information content (AvgIpc) is 2.90. The molecule has 3 aromatic rings. The highest BCUT2D eigenvalue weighted by molar-refractivity contribution is 7.92. The first-order valence-electron chi connectivity index (χ1n) is 13.6. The summed E-state index contributed by atoms with van der Waals surface area (Å²) in [6, 6.07) is 21.9. The fourth-order valence-electron chi connectivity index (χ4n) is 4.57. The van der Waals surface area contributed by atoms with Crippen LogP contribution in [0, 0.1) is 20.8 Å². The van der Waals surface area contributed by atoms with E-state index in [1.165, 1.54) is 4.90 Å². The Morgan fingerprint density at radius 2 is 1.50 bits per heavy atom. The van der Waals surface area contributed by atoms with E-state index < -0.39 is 28.5 Å². The molecule has 2 amide bonds. The summed E-state index contributed by atoms with van der Waals surface area (Å²) in [7, 11) is -3.80. The van der Waals surface area contributed by atoms with E-state index in [-0.39, 0.29) is 18.5 Å². The Balaban J connectivity index is 2.07. The number of carbonyl (C=O) groups excluding carboxylic acids is 2. The van der Waals surface area contributed by atoms with Crippen LogP contribution in [0.5, 0.6) is 0 Å². The maximum absolute atomic E-state index is 14.2. The molecule has 2 atom stereocenters. The molecule has 0 unspecified atom stereocenters. The van der Waals surface area contributed by atoms with E-state index >= 15 is 0 Å². The normalized spacial score (nSPS) is 12.8. The summed E-state index contributed by atoms with van der Waals surface area (Å²) in [6.45, 7) is 9.40. The van der Waals surface area contributed by atoms with E-state index in [2.05, 4.69) is 5.32 Å². The van der Waals surface area contributed by atoms with Crippen molar-refractivity contribution in [2.24, 2.45) is 0 Å². The molecule has 1 N–H and O–H groups in total. The van der Waals surface area contributed by atoms with Crippen LogP contribution in [0.1, 0.15) is 48.1 Å². The Morgan fingerprint density at radius 3 is 2.08 bits per heavy atom. The highest BCUT2D eigenvalue weighted by Gasteiger charge is 2.33. The molecule has 0 fully saturated rings. The zero-order chi connectivity index (χ0) is 29.4. The molecule has 0 heterocycles. The van der Waals surface area contributed by atoms with Gasteiger partial charge >= 0.3 is 0 Å². The highest BCUT2D eigenvalue weighted by atomic mass is 32.2. The van der Waals surface area contributed by atoms with Crippen molar-refractivity contribution in [3.63, 3.8) is 0 Å². The van der Waals surface area contributed by atoms with Crippen molar-refractivity contribution in [2.45, 2.75) is 66.1 Å². The largest absolute Gasteiger partial charge is 0.352 e. The first-order valence-corrected chi connectivity index (χ1v) is 15.5. The lowest BCUT2D eigenvalue weighted by Crippen LogP contribution is -2.54. The van der Waals surface area contributed by atoms with E-state index in [1.807, 2.05) is 101 Å². The van der Waals surface area contributed by atoms with Crippen LogP contribution in [0.3, 0.4) is 0 Å². The molecule has 214 valence electrons. The van der Waals surface area contributed by atoms with Gasteiger partial charge in [-0.2, -0.15) is 0 Å². The number of anilines is 1. The number of hydrogen-bond donors (Lipinski definition) is 1. The van der Waals surface area contributed by atoms with Crippen LogP contribution in [-0.4, -0.2) is 50.0 Å². The molecule has 0 saturated heterocycles. The number of sulfonamides is 1. The zero-order valence-corrected chi connectivity index (χ0v) is 25.2. The van der Waals surface area contributed by atoms with E-state index in [1.54, 1.807) is 6.07 Å². The van der Waals surface area contributed by atoms with Gasteiger partial charge in [-0.1, -0.05) is 84.8 Å². The quantitative estimate of drug-likeness (QED) is 0.339. The standard InChI is InChI=1S/C32H41N3O4S/c1-7-26(5)33-32(37)30(20-27-11-9-8-10-12-27)34(21-28-16-13-23(2)14-17-28)31(36)22-35(40(6,38)39)29-18-15-24(3)19-25(29)4/h8-19,26,30H,7,20-22H2,1-6H3,(H,33,37)/t26-,30-/m1/s1. The molecular formula is C32H41N3O4S. The lowest BCUT2D eigenvalue weighted by atomic mass is 10.0. The molecule has 0 spiro atoms. The molecule has 8 heteroatoms. The first-order chi connectivity index (χ1) is 18.9. The minimum absolute atomic E-state index is 0.0789. The third-order valence-electron chi connectivity index (χ3n) is 7.05. The molecule has 3 rings (SSSR count). The predicted molar refractivity (Wildman–Crippen MR) is 162 cm³/mol. The average molecular weight is 564 g/mol. The van der Waals surface area contributed by atoms with Gasteiger partial charge in [0, 0.05) is 19.0 Å². The number of carbonyl (C=O) groups is 2. The van der Waals surface area contributed by atoms with Crippen LogP contribution in [-0.2, 0) is 32.6 Å². The number of nitrogens with one attached hydrogen (secondary N) is 1. The topological polar surface area (TPSA) is 86.8 Å². The van der Waals surface area contributed by atoms with Crippen LogP contribution in [0.4, 0.5) is 5.69 Å². The van der Waals surface area contributed by atoms with Crippen molar-refractivity contribution in [3.8, 4) is 0 Å². The third-order valence-corrected chi connectivity index (χ3v) is 8.17. The fourth-order valence-corrected chi connectivity index (χ4v) is 5.47. The van der Waals surface area contributed by atoms with Gasteiger partial charge in [0.25, 0.3) is 0 Å². The van der Waals surface area contributed by atoms with Crippen LogP contribution >= 0.6 is 0 Å². The Kier molecular flexibility index (Phi) is 10.5. The summed E-state index contributed by atoms with van der Waals surface area (Å²) >= 11 is 0. The van der Waals surface area contributed by atoms with Crippen LogP contribution < -0.4 is 9.62 Å². The van der Waals surface area contributed by atoms with Crippen LogP contribution in [0.15, 0.2) is 72.8 Å². The van der Waals surface area contributed by atoms with Gasteiger partial charge in [-0.3, -0.25) is 13.9 Å². The molecule has 0 aliphatic carbocycles. The summed E-state index contributed by atoms with van der Waals surface area (Å²) in [4.78, 5) is 29.4. The van der Waals surface area contributed by atoms with E-state index in [0.717, 1.165) is 44.8 Å². The van der Waals surface area contributed by atoms with Gasteiger partial charge in [0.1, 0.15) is 12.6 Å². The van der Waals surface area contributed by atoms with Gasteiger partial charge in [-0.25, -0.2) is 8.42 Å². The van der Waals surface area contributed by atoms with Crippen molar-refractivity contribution in [1.82, 2.24) is 10.2 Å². The van der Waals surface area contributed by atoms with Crippen molar-refractivity contribution in [2.75, 3.05) is 17.1 Å². The maximum atomic E-state index is 14.2. The van der Waals surface area contributed by atoms with Crippen molar-refractivity contribution >= 4 is 27.5 Å². The van der Waals surface area contributed by atoms with Gasteiger partial charge in [0.2, 0.25) is 21.8 Å². The second kappa shape index (κ2) is 13.6. The Hall–Kier alpha value is -3.65. The van der Waals surface area contributed by atoms with Crippen LogP contribution in [0.25, 0.3) is 0 Å². The zero-order valence-electron chi connectivity index (χ0n) is 24.3. The van der Waals surface area contributed by atoms with Gasteiger partial charge in [-0.05, 0) is 56.9 Å². The van der Waals surface area contributed by atoms with Crippen molar-refractivity contribution in [1.29, 1.82) is 0 Å². The van der Waals surface area contributed by atoms with Gasteiger partial charge in [0.05, 0.1) is 11.9 Å². The van der Waals surface area contributed by atoms with Gasteiger partial charge in [-0.15, -0.1) is 0 Å². The highest BCUT2D eigenvalue weighted by Crippen LogP contribution is 2.25. The fraction of sp³-hybridized carbons (Fsp3) is 0.375. The number of amides is 2. The number of rotatable bonds is 12. The first kappa shape index (κ1) is 30.9. The Morgan fingerprint density at radius 1 is 0.875 bits per heavy atom. The molecule has 0 bridgehead atoms. The SMILES string of the molecule is CC[C@@H](C)NC(=O)[C@@H](Cc1ccccc1)N(Cc1ccc(C)cc1)C(=O)CN(c1ccc(C)cc1C)S(C)(=O)=O. The molecule has 0 radical (unpaired) electrons. The number of aryl methyl sites for hydroxylation is 3. The minimum atomic E-state index is -3.80. The van der Waals surface area contributed by atoms with Crippen molar-refractivity contribution in [3.05, 3.63) is 101 Å². The van der Waals surface area contributed by atoms with E-state index in [0.29, 0.717) is 12.1 Å². The molecule has 3 aromatic carbocycles. The van der Waals surface area contributed by atoms with E-state index in [4.69, 9.17) is 0 Å². The molecule has 40 heavy (non-hydrogen) atoms. The molecule has 0 aliphatic rings. The number of nitrogens with zero attached hydrogens (tertiary/aromatic N) is 2. The maximum Gasteiger partial charge on any atom is 0.244 e. The summed E-state index contributed by atoms with van der Waals surface area (Å²) in [5.74, 6) is -0.720. The molecule has 0 aromatic heterocycles. The predicted octanol–water partition coefficient (Wildman–Crippen LogP) is 4.93. The summed E-state index contributed by atoms with van der Waals surface area (Å²) in [5.41, 5.74) is 5.02. The number of benzene rings is 3.